The van der Waals surface area contributed by atoms with Crippen LogP contribution in [0.3, 0.4) is 0 Å². The first-order valence-corrected chi connectivity index (χ1v) is 6.08. The standard InChI is InChI=1S/C12H16ClNO3/c1-6(15)5-17-14-12(16)10-3-8-7(2)9(8)4-11(10)13/h3-4,6-9,15H,5H2,1-2H3,(H,14,16). The third kappa shape index (κ3) is 2.70. The van der Waals surface area contributed by atoms with Crippen LogP contribution in [-0.4, -0.2) is 23.7 Å². The Morgan fingerprint density at radius 1 is 1.59 bits per heavy atom. The van der Waals surface area contributed by atoms with E-state index in [2.05, 4.69) is 12.4 Å². The van der Waals surface area contributed by atoms with Crippen LogP contribution in [0.15, 0.2) is 22.8 Å². The molecule has 0 heterocycles. The molecule has 2 rings (SSSR count). The summed E-state index contributed by atoms with van der Waals surface area (Å²) in [4.78, 5) is 16.6. The van der Waals surface area contributed by atoms with Crippen molar-refractivity contribution >= 4 is 17.5 Å². The number of carbonyl (C=O) groups excluding carboxylic acids is 1. The molecule has 0 aromatic carbocycles. The van der Waals surface area contributed by atoms with Gasteiger partial charge >= 0.3 is 0 Å². The number of halogens is 1. The van der Waals surface area contributed by atoms with Crippen molar-refractivity contribution in [2.75, 3.05) is 6.61 Å². The minimum absolute atomic E-state index is 0.0583. The minimum atomic E-state index is -0.616. The fraction of sp³-hybridized carbons (Fsp3) is 0.583. The van der Waals surface area contributed by atoms with Gasteiger partial charge in [-0.1, -0.05) is 30.7 Å². The largest absolute Gasteiger partial charge is 0.391 e. The number of carbonyl (C=O) groups is 1. The summed E-state index contributed by atoms with van der Waals surface area (Å²) >= 11 is 6.03. The summed E-state index contributed by atoms with van der Waals surface area (Å²) in [6.07, 6.45) is 3.22. The van der Waals surface area contributed by atoms with E-state index in [9.17, 15) is 4.79 Å². The van der Waals surface area contributed by atoms with Crippen LogP contribution in [0.1, 0.15) is 13.8 Å². The van der Waals surface area contributed by atoms with Gasteiger partial charge in [0, 0.05) is 5.03 Å². The lowest BCUT2D eigenvalue weighted by Crippen LogP contribution is -2.29. The Morgan fingerprint density at radius 3 is 2.88 bits per heavy atom. The zero-order valence-corrected chi connectivity index (χ0v) is 10.6. The van der Waals surface area contributed by atoms with Gasteiger partial charge in [-0.3, -0.25) is 9.63 Å². The molecule has 0 spiro atoms. The number of rotatable bonds is 4. The fourth-order valence-corrected chi connectivity index (χ4v) is 2.34. The molecule has 2 aliphatic carbocycles. The highest BCUT2D eigenvalue weighted by Gasteiger charge is 2.46. The summed E-state index contributed by atoms with van der Waals surface area (Å²) in [7, 11) is 0. The Labute approximate surface area is 105 Å². The first kappa shape index (κ1) is 12.6. The van der Waals surface area contributed by atoms with Crippen LogP contribution in [0.2, 0.25) is 0 Å². The van der Waals surface area contributed by atoms with Crippen molar-refractivity contribution in [3.8, 4) is 0 Å². The molecule has 1 amide bonds. The van der Waals surface area contributed by atoms with Crippen molar-refractivity contribution in [2.45, 2.75) is 20.0 Å². The highest BCUT2D eigenvalue weighted by Crippen LogP contribution is 2.52. The van der Waals surface area contributed by atoms with Crippen LogP contribution in [0.4, 0.5) is 0 Å². The minimum Gasteiger partial charge on any atom is -0.391 e. The van der Waals surface area contributed by atoms with Gasteiger partial charge in [-0.2, -0.15) is 0 Å². The molecule has 4 unspecified atom stereocenters. The van der Waals surface area contributed by atoms with E-state index in [4.69, 9.17) is 21.5 Å². The summed E-state index contributed by atoms with van der Waals surface area (Å²) < 4.78 is 0. The Balaban J connectivity index is 1.91. The van der Waals surface area contributed by atoms with Crippen LogP contribution in [0, 0.1) is 17.8 Å². The van der Waals surface area contributed by atoms with Gasteiger partial charge in [-0.15, -0.1) is 0 Å². The van der Waals surface area contributed by atoms with Gasteiger partial charge in [0.2, 0.25) is 0 Å². The molecule has 2 N–H and O–H groups in total. The number of hydrogen-bond donors (Lipinski definition) is 2. The van der Waals surface area contributed by atoms with Crippen LogP contribution >= 0.6 is 11.6 Å². The predicted molar refractivity (Wildman–Crippen MR) is 63.9 cm³/mol. The second kappa shape index (κ2) is 4.80. The smallest absolute Gasteiger partial charge is 0.276 e. The van der Waals surface area contributed by atoms with E-state index in [1.807, 2.05) is 12.2 Å². The second-order valence-electron chi connectivity index (χ2n) is 4.70. The van der Waals surface area contributed by atoms with Gasteiger partial charge in [-0.05, 0) is 24.7 Å². The number of fused-ring (bicyclic) bond motifs is 1. The lowest BCUT2D eigenvalue weighted by atomic mass is 10.1. The molecule has 0 aliphatic heterocycles. The number of nitrogens with one attached hydrogen (secondary N) is 1. The molecule has 94 valence electrons. The maximum atomic E-state index is 11.7. The number of allylic oxidation sites excluding steroid dienone is 2. The van der Waals surface area contributed by atoms with E-state index in [1.165, 1.54) is 0 Å². The fourth-order valence-electron chi connectivity index (χ4n) is 2.05. The summed E-state index contributed by atoms with van der Waals surface area (Å²) in [6.45, 7) is 3.77. The molecular weight excluding hydrogens is 242 g/mol. The maximum Gasteiger partial charge on any atom is 0.276 e. The van der Waals surface area contributed by atoms with Crippen molar-refractivity contribution in [1.29, 1.82) is 0 Å². The average Bonchev–Trinajstić information content (AvgIpc) is 2.87. The van der Waals surface area contributed by atoms with Crippen LogP contribution < -0.4 is 5.48 Å². The molecule has 5 heteroatoms. The first-order chi connectivity index (χ1) is 8.00. The van der Waals surface area contributed by atoms with E-state index < -0.39 is 6.10 Å². The quantitative estimate of drug-likeness (QED) is 0.748. The molecule has 4 atom stereocenters. The van der Waals surface area contributed by atoms with Gasteiger partial charge in [0.1, 0.15) is 6.61 Å². The van der Waals surface area contributed by atoms with Gasteiger partial charge < -0.3 is 5.11 Å². The SMILES string of the molecule is CC(O)CONC(=O)C1=CC2C(C)C2C=C1Cl. The highest BCUT2D eigenvalue weighted by atomic mass is 35.5. The summed E-state index contributed by atoms with van der Waals surface area (Å²) in [5.41, 5.74) is 2.74. The van der Waals surface area contributed by atoms with Crippen molar-refractivity contribution in [3.63, 3.8) is 0 Å². The number of amides is 1. The van der Waals surface area contributed by atoms with E-state index in [0.29, 0.717) is 28.4 Å². The molecule has 0 bridgehead atoms. The summed E-state index contributed by atoms with van der Waals surface area (Å²) in [5, 5.41) is 9.46. The van der Waals surface area contributed by atoms with Crippen LogP contribution in [0.5, 0.6) is 0 Å². The molecule has 0 radical (unpaired) electrons. The zero-order valence-electron chi connectivity index (χ0n) is 9.81. The Hall–Kier alpha value is -0.840. The lowest BCUT2D eigenvalue weighted by molar-refractivity contribution is -0.131. The predicted octanol–water partition coefficient (Wildman–Crippen LogP) is 1.36. The van der Waals surface area contributed by atoms with Gasteiger partial charge in [0.15, 0.2) is 0 Å². The first-order valence-electron chi connectivity index (χ1n) is 5.70. The molecule has 17 heavy (non-hydrogen) atoms. The molecule has 0 saturated heterocycles. The van der Waals surface area contributed by atoms with Crippen molar-refractivity contribution in [3.05, 3.63) is 22.8 Å². The van der Waals surface area contributed by atoms with Crippen LogP contribution in [-0.2, 0) is 9.63 Å². The maximum absolute atomic E-state index is 11.7. The molecule has 1 fully saturated rings. The zero-order chi connectivity index (χ0) is 12.6. The van der Waals surface area contributed by atoms with E-state index >= 15 is 0 Å². The van der Waals surface area contributed by atoms with E-state index in [1.54, 1.807) is 6.92 Å². The lowest BCUT2D eigenvalue weighted by Gasteiger charge is -2.11. The summed E-state index contributed by atoms with van der Waals surface area (Å²) in [5.74, 6) is 1.12. The monoisotopic (exact) mass is 257 g/mol. The second-order valence-corrected chi connectivity index (χ2v) is 5.11. The topological polar surface area (TPSA) is 58.6 Å². The van der Waals surface area contributed by atoms with Gasteiger partial charge in [-0.25, -0.2) is 5.48 Å². The number of hydrogen-bond acceptors (Lipinski definition) is 3. The van der Waals surface area contributed by atoms with Crippen LogP contribution in [0.25, 0.3) is 0 Å². The summed E-state index contributed by atoms with van der Waals surface area (Å²) in [6, 6.07) is 0. The molecule has 0 aromatic rings. The molecule has 4 nitrogen and oxygen atoms in total. The number of hydroxylamine groups is 1. The third-order valence-corrected chi connectivity index (χ3v) is 3.54. The Bertz CT molecular complexity index is 389. The van der Waals surface area contributed by atoms with E-state index in [-0.39, 0.29) is 12.5 Å². The van der Waals surface area contributed by atoms with Crippen molar-refractivity contribution in [2.24, 2.45) is 17.8 Å². The number of aliphatic hydroxyl groups excluding tert-OH is 1. The van der Waals surface area contributed by atoms with Crippen molar-refractivity contribution < 1.29 is 14.7 Å². The molecule has 1 saturated carbocycles. The normalized spacial score (nSPS) is 32.1. The highest BCUT2D eigenvalue weighted by molar-refractivity contribution is 6.35. The van der Waals surface area contributed by atoms with Gasteiger partial charge in [0.25, 0.3) is 5.91 Å². The Morgan fingerprint density at radius 2 is 2.24 bits per heavy atom. The molecular formula is C12H16ClNO3. The van der Waals surface area contributed by atoms with Gasteiger partial charge in [0.05, 0.1) is 11.7 Å². The molecule has 0 aromatic heterocycles. The van der Waals surface area contributed by atoms with E-state index in [0.717, 1.165) is 0 Å². The van der Waals surface area contributed by atoms with Crippen molar-refractivity contribution in [1.82, 2.24) is 5.48 Å². The third-order valence-electron chi connectivity index (χ3n) is 3.21. The average molecular weight is 258 g/mol. The Kier molecular flexibility index (Phi) is 3.56. The molecule has 2 aliphatic rings. The number of aliphatic hydroxyl groups is 1.